The number of halogens is 4. The molecule has 27 heavy (non-hydrogen) atoms. The number of rotatable bonds is 4. The zero-order valence-electron chi connectivity index (χ0n) is 14.4. The van der Waals surface area contributed by atoms with Crippen LogP contribution in [0.1, 0.15) is 37.0 Å². The first-order valence-electron chi connectivity index (χ1n) is 8.19. The summed E-state index contributed by atoms with van der Waals surface area (Å²) in [5.41, 5.74) is -1.26. The average Bonchev–Trinajstić information content (AvgIpc) is 2.59. The van der Waals surface area contributed by atoms with Crippen LogP contribution in [0.25, 0.3) is 0 Å². The molecule has 1 fully saturated rings. The lowest BCUT2D eigenvalue weighted by Gasteiger charge is -2.25. The Balaban J connectivity index is 2.27. The molecule has 0 radical (unpaired) electrons. The van der Waals surface area contributed by atoms with Crippen LogP contribution < -0.4 is 10.6 Å². The van der Waals surface area contributed by atoms with E-state index in [2.05, 4.69) is 10.6 Å². The molecule has 1 saturated heterocycles. The highest BCUT2D eigenvalue weighted by Crippen LogP contribution is 2.35. The molecule has 0 bridgehead atoms. The molecular formula is C17H18ClF3N2O3S. The zero-order chi connectivity index (χ0) is 20.2. The van der Waals surface area contributed by atoms with E-state index in [0.29, 0.717) is 6.07 Å². The van der Waals surface area contributed by atoms with Crippen molar-refractivity contribution in [3.63, 3.8) is 0 Å². The molecule has 0 spiro atoms. The fourth-order valence-corrected chi connectivity index (χ4v) is 3.27. The van der Waals surface area contributed by atoms with Crippen LogP contribution in [-0.2, 0) is 20.5 Å². The van der Waals surface area contributed by atoms with Crippen molar-refractivity contribution in [2.75, 3.05) is 13.1 Å². The summed E-state index contributed by atoms with van der Waals surface area (Å²) in [5.74, 6) is -1.72. The molecule has 1 aliphatic heterocycles. The smallest absolute Gasteiger partial charge is 0.416 e. The SMILES string of the molecule is CC(=O)OC(C(=O)NC(=S)C1CCNCC1)c1cc(C(F)(F)F)ccc1Cl. The number of alkyl halides is 3. The highest BCUT2D eigenvalue weighted by molar-refractivity contribution is 7.80. The summed E-state index contributed by atoms with van der Waals surface area (Å²) in [6, 6.07) is 2.49. The number of esters is 1. The number of hydrogen-bond acceptors (Lipinski definition) is 5. The summed E-state index contributed by atoms with van der Waals surface area (Å²) < 4.78 is 44.0. The Kier molecular flexibility index (Phi) is 7.19. The molecular weight excluding hydrogens is 405 g/mol. The van der Waals surface area contributed by atoms with Crippen LogP contribution in [0.5, 0.6) is 0 Å². The van der Waals surface area contributed by atoms with Crippen LogP contribution in [0.2, 0.25) is 5.02 Å². The van der Waals surface area contributed by atoms with Gasteiger partial charge in [-0.05, 0) is 44.1 Å². The van der Waals surface area contributed by atoms with Gasteiger partial charge in [0, 0.05) is 23.4 Å². The van der Waals surface area contributed by atoms with Gasteiger partial charge in [0.25, 0.3) is 5.91 Å². The minimum absolute atomic E-state index is 0.0415. The van der Waals surface area contributed by atoms with Gasteiger partial charge in [0.1, 0.15) is 0 Å². The molecule has 0 aliphatic carbocycles. The van der Waals surface area contributed by atoms with Gasteiger partial charge in [0.05, 0.1) is 10.6 Å². The minimum atomic E-state index is -4.64. The van der Waals surface area contributed by atoms with Crippen LogP contribution >= 0.6 is 23.8 Å². The largest absolute Gasteiger partial charge is 0.447 e. The number of piperidine rings is 1. The lowest BCUT2D eigenvalue weighted by molar-refractivity contribution is -0.153. The van der Waals surface area contributed by atoms with Crippen molar-refractivity contribution in [2.45, 2.75) is 32.0 Å². The van der Waals surface area contributed by atoms with Crippen molar-refractivity contribution in [3.8, 4) is 0 Å². The molecule has 1 atom stereocenters. The van der Waals surface area contributed by atoms with Crippen molar-refractivity contribution in [1.29, 1.82) is 0 Å². The molecule has 2 N–H and O–H groups in total. The molecule has 1 aromatic rings. The maximum Gasteiger partial charge on any atom is 0.416 e. The summed E-state index contributed by atoms with van der Waals surface area (Å²) in [6.45, 7) is 2.54. The maximum atomic E-state index is 13.0. The van der Waals surface area contributed by atoms with Gasteiger partial charge in [0.15, 0.2) is 0 Å². The summed E-state index contributed by atoms with van der Waals surface area (Å²) in [6.07, 6.45) is -4.83. The van der Waals surface area contributed by atoms with Crippen LogP contribution in [0.15, 0.2) is 18.2 Å². The zero-order valence-corrected chi connectivity index (χ0v) is 15.9. The van der Waals surface area contributed by atoms with Gasteiger partial charge in [-0.25, -0.2) is 0 Å². The van der Waals surface area contributed by atoms with Crippen molar-refractivity contribution in [1.82, 2.24) is 10.6 Å². The molecule has 148 valence electrons. The standard InChI is InChI=1S/C17H18ClF3N2O3S/c1-9(24)26-14(12-8-11(17(19,20)21)2-3-13(12)18)15(25)23-16(27)10-4-6-22-7-5-10/h2-3,8,10,14,22H,4-7H2,1H3,(H,23,25,27). The van der Waals surface area contributed by atoms with Crippen LogP contribution in [-0.4, -0.2) is 30.0 Å². The van der Waals surface area contributed by atoms with Gasteiger partial charge in [-0.1, -0.05) is 23.8 Å². The van der Waals surface area contributed by atoms with Crippen molar-refractivity contribution >= 4 is 40.7 Å². The second-order valence-electron chi connectivity index (χ2n) is 6.10. The number of carbonyl (C=O) groups is 2. The van der Waals surface area contributed by atoms with E-state index in [1.807, 2.05) is 0 Å². The summed E-state index contributed by atoms with van der Waals surface area (Å²) in [4.78, 5) is 24.3. The van der Waals surface area contributed by atoms with E-state index in [1.54, 1.807) is 0 Å². The van der Waals surface area contributed by atoms with Gasteiger partial charge in [-0.2, -0.15) is 13.2 Å². The predicted octanol–water partition coefficient (Wildman–Crippen LogP) is 3.41. The third-order valence-corrected chi connectivity index (χ3v) is 4.86. The third-order valence-electron chi connectivity index (χ3n) is 4.08. The molecule has 1 aromatic carbocycles. The van der Waals surface area contributed by atoms with E-state index in [1.165, 1.54) is 0 Å². The van der Waals surface area contributed by atoms with Crippen molar-refractivity contribution in [2.24, 2.45) is 5.92 Å². The van der Waals surface area contributed by atoms with E-state index in [-0.39, 0.29) is 21.5 Å². The molecule has 0 aromatic heterocycles. The number of amides is 1. The maximum absolute atomic E-state index is 13.0. The van der Waals surface area contributed by atoms with Gasteiger partial charge in [0.2, 0.25) is 6.10 Å². The molecule has 2 rings (SSSR count). The lowest BCUT2D eigenvalue weighted by Crippen LogP contribution is -2.42. The van der Waals surface area contributed by atoms with Gasteiger partial charge >= 0.3 is 12.1 Å². The van der Waals surface area contributed by atoms with E-state index in [0.717, 1.165) is 45.0 Å². The Morgan fingerprint density at radius 1 is 1.33 bits per heavy atom. The molecule has 1 amide bonds. The monoisotopic (exact) mass is 422 g/mol. The minimum Gasteiger partial charge on any atom is -0.447 e. The number of carbonyl (C=O) groups excluding carboxylic acids is 2. The van der Waals surface area contributed by atoms with Crippen molar-refractivity contribution < 1.29 is 27.5 Å². The fraction of sp³-hybridized carbons (Fsp3) is 0.471. The molecule has 0 saturated carbocycles. The third kappa shape index (κ3) is 5.88. The lowest BCUT2D eigenvalue weighted by atomic mass is 9.97. The summed E-state index contributed by atoms with van der Waals surface area (Å²) >= 11 is 11.2. The van der Waals surface area contributed by atoms with Crippen LogP contribution in [0, 0.1) is 5.92 Å². The van der Waals surface area contributed by atoms with Crippen LogP contribution in [0.4, 0.5) is 13.2 Å². The van der Waals surface area contributed by atoms with E-state index in [4.69, 9.17) is 28.6 Å². The highest BCUT2D eigenvalue weighted by Gasteiger charge is 2.34. The average molecular weight is 423 g/mol. The quantitative estimate of drug-likeness (QED) is 0.575. The number of nitrogens with one attached hydrogen (secondary N) is 2. The summed E-state index contributed by atoms with van der Waals surface area (Å²) in [5, 5.41) is 5.52. The Morgan fingerprint density at radius 2 is 1.96 bits per heavy atom. The van der Waals surface area contributed by atoms with Gasteiger partial charge in [-0.15, -0.1) is 0 Å². The second kappa shape index (κ2) is 8.99. The fourth-order valence-electron chi connectivity index (χ4n) is 2.72. The number of ether oxygens (including phenoxy) is 1. The molecule has 1 unspecified atom stereocenters. The van der Waals surface area contributed by atoms with E-state index in [9.17, 15) is 22.8 Å². The van der Waals surface area contributed by atoms with Crippen molar-refractivity contribution in [3.05, 3.63) is 34.3 Å². The van der Waals surface area contributed by atoms with E-state index < -0.39 is 29.7 Å². The van der Waals surface area contributed by atoms with Gasteiger partial charge < -0.3 is 15.4 Å². The van der Waals surface area contributed by atoms with E-state index >= 15 is 0 Å². The first-order valence-corrected chi connectivity index (χ1v) is 8.97. The first kappa shape index (κ1) is 21.6. The summed E-state index contributed by atoms with van der Waals surface area (Å²) in [7, 11) is 0. The van der Waals surface area contributed by atoms with Gasteiger partial charge in [-0.3, -0.25) is 9.59 Å². The normalized spacial score (nSPS) is 16.5. The molecule has 1 aliphatic rings. The Labute approximate surface area is 164 Å². The molecule has 10 heteroatoms. The Morgan fingerprint density at radius 3 is 2.52 bits per heavy atom. The van der Waals surface area contributed by atoms with Crippen LogP contribution in [0.3, 0.4) is 0 Å². The molecule has 1 heterocycles. The predicted molar refractivity (Wildman–Crippen MR) is 97.3 cm³/mol. The number of thiocarbonyl (C=S) groups is 1. The second-order valence-corrected chi connectivity index (χ2v) is 6.95. The molecule has 5 nitrogen and oxygen atoms in total. The topological polar surface area (TPSA) is 67.4 Å². The number of hydrogen-bond donors (Lipinski definition) is 2. The highest BCUT2D eigenvalue weighted by atomic mass is 35.5. The number of benzene rings is 1. The Bertz CT molecular complexity index is 737. The Hall–Kier alpha value is -1.71. The first-order chi connectivity index (χ1) is 12.6.